The van der Waals surface area contributed by atoms with Gasteiger partial charge in [-0.05, 0) is 128 Å². The van der Waals surface area contributed by atoms with Crippen molar-refractivity contribution in [3.05, 3.63) is 158 Å². The van der Waals surface area contributed by atoms with Gasteiger partial charge in [0.25, 0.3) is 0 Å². The number of allylic oxidation sites excluding steroid dienone is 26. The molecule has 0 aromatic rings. The third-order valence-corrected chi connectivity index (χ3v) is 12.5. The van der Waals surface area contributed by atoms with Crippen LogP contribution in [-0.2, 0) is 28.6 Å². The fourth-order valence-corrected chi connectivity index (χ4v) is 7.95. The fraction of sp³-hybridized carbons (Fsp3) is 0.592. The van der Waals surface area contributed by atoms with E-state index in [-0.39, 0.29) is 31.1 Å². The fourth-order valence-electron chi connectivity index (χ4n) is 7.95. The van der Waals surface area contributed by atoms with Crippen molar-refractivity contribution in [1.29, 1.82) is 0 Å². The molecular weight excluding hydrogens is 949 g/mol. The quantitative estimate of drug-likeness (QED) is 0.0261. The molecule has 77 heavy (non-hydrogen) atoms. The number of ether oxygens (including phenoxy) is 3. The van der Waals surface area contributed by atoms with Crippen molar-refractivity contribution >= 4 is 17.9 Å². The Labute approximate surface area is 473 Å². The Balaban J connectivity index is 4.19. The molecule has 0 saturated carbocycles. The largest absolute Gasteiger partial charge is 0.462 e. The third kappa shape index (κ3) is 61.8. The molecule has 0 amide bonds. The minimum Gasteiger partial charge on any atom is -0.462 e. The number of rotatable bonds is 54. The molecule has 0 aliphatic heterocycles. The van der Waals surface area contributed by atoms with Gasteiger partial charge in [-0.1, -0.05) is 262 Å². The predicted octanol–water partition coefficient (Wildman–Crippen LogP) is 21.3. The highest BCUT2D eigenvalue weighted by Crippen LogP contribution is 2.14. The van der Waals surface area contributed by atoms with E-state index < -0.39 is 6.10 Å². The van der Waals surface area contributed by atoms with Crippen molar-refractivity contribution < 1.29 is 28.6 Å². The standard InChI is InChI=1S/C71H112O6/c1-4-7-10-13-16-18-20-22-24-26-27-28-29-30-31-32-33-34-35-36-37-38-39-40-41-42-43-45-46-48-50-52-55-58-61-64-70(73)76-67-68(66-75-69(72)63-60-57-54-15-12-9-6-3)77-71(74)65-62-59-56-53-51-49-47-44-25-23-21-19-17-14-11-8-5-2/h7-8,10-11,16-19,22-25,27-28,30-31,33-34,36-37,39-40,42-43,47,49,68H,4-6,9,12-15,20-21,26,29,32,35,38,41,44-46,48,50-67H2,1-3H3/b10-7-,11-8-,18-16-,19-17-,24-22-,25-23-,28-27-,31-30-,34-33-,37-36-,40-39-,43-42-,49-47-. The summed E-state index contributed by atoms with van der Waals surface area (Å²) in [5.74, 6) is -0.945. The van der Waals surface area contributed by atoms with Gasteiger partial charge in [0.1, 0.15) is 13.2 Å². The van der Waals surface area contributed by atoms with Crippen LogP contribution in [-0.4, -0.2) is 37.2 Å². The summed E-state index contributed by atoms with van der Waals surface area (Å²) >= 11 is 0. The van der Waals surface area contributed by atoms with Crippen LogP contribution in [0.2, 0.25) is 0 Å². The molecular formula is C71H112O6. The Morgan fingerprint density at radius 3 is 0.792 bits per heavy atom. The number of carbonyl (C=O) groups is 3. The van der Waals surface area contributed by atoms with Crippen molar-refractivity contribution in [3.63, 3.8) is 0 Å². The Kier molecular flexibility index (Phi) is 59.5. The van der Waals surface area contributed by atoms with Gasteiger partial charge in [-0.2, -0.15) is 0 Å². The van der Waals surface area contributed by atoms with E-state index in [1.54, 1.807) is 0 Å². The van der Waals surface area contributed by atoms with Gasteiger partial charge in [-0.3, -0.25) is 14.4 Å². The van der Waals surface area contributed by atoms with E-state index in [0.717, 1.165) is 161 Å². The molecule has 1 unspecified atom stereocenters. The van der Waals surface area contributed by atoms with Crippen LogP contribution in [0.25, 0.3) is 0 Å². The summed E-state index contributed by atoms with van der Waals surface area (Å²) in [6.07, 6.45) is 92.7. The first kappa shape index (κ1) is 72.0. The first-order valence-electron chi connectivity index (χ1n) is 31.0. The molecule has 0 heterocycles. The van der Waals surface area contributed by atoms with Crippen LogP contribution in [0.15, 0.2) is 158 Å². The summed E-state index contributed by atoms with van der Waals surface area (Å²) in [7, 11) is 0. The average molecular weight is 1060 g/mol. The number of carbonyl (C=O) groups excluding carboxylic acids is 3. The second kappa shape index (κ2) is 63.6. The summed E-state index contributed by atoms with van der Waals surface area (Å²) in [5.41, 5.74) is 0. The van der Waals surface area contributed by atoms with Crippen LogP contribution >= 0.6 is 0 Å². The molecule has 0 bridgehead atoms. The van der Waals surface area contributed by atoms with E-state index in [4.69, 9.17) is 14.2 Å². The van der Waals surface area contributed by atoms with Crippen LogP contribution in [0.5, 0.6) is 0 Å². The number of esters is 3. The summed E-state index contributed by atoms with van der Waals surface area (Å²) in [6.45, 7) is 6.33. The lowest BCUT2D eigenvalue weighted by Crippen LogP contribution is -2.30. The molecule has 0 aromatic heterocycles. The van der Waals surface area contributed by atoms with Crippen molar-refractivity contribution in [2.75, 3.05) is 13.2 Å². The van der Waals surface area contributed by atoms with Crippen molar-refractivity contribution in [2.45, 2.75) is 258 Å². The first-order valence-corrected chi connectivity index (χ1v) is 31.0. The first-order chi connectivity index (χ1) is 38.0. The monoisotopic (exact) mass is 1060 g/mol. The van der Waals surface area contributed by atoms with E-state index in [1.165, 1.54) is 51.4 Å². The molecule has 6 heteroatoms. The van der Waals surface area contributed by atoms with Crippen LogP contribution in [0.4, 0.5) is 0 Å². The lowest BCUT2D eigenvalue weighted by Gasteiger charge is -2.18. The summed E-state index contributed by atoms with van der Waals surface area (Å²) in [5, 5.41) is 0. The van der Waals surface area contributed by atoms with Crippen LogP contribution in [0, 0.1) is 0 Å². The highest BCUT2D eigenvalue weighted by molar-refractivity contribution is 5.71. The topological polar surface area (TPSA) is 78.9 Å². The number of hydrogen-bond donors (Lipinski definition) is 0. The van der Waals surface area contributed by atoms with Gasteiger partial charge in [0, 0.05) is 19.3 Å². The Morgan fingerprint density at radius 2 is 0.506 bits per heavy atom. The zero-order valence-corrected chi connectivity index (χ0v) is 49.4. The normalized spacial score (nSPS) is 13.2. The zero-order chi connectivity index (χ0) is 55.7. The molecule has 0 saturated heterocycles. The molecule has 0 aliphatic rings. The van der Waals surface area contributed by atoms with Crippen molar-refractivity contribution in [1.82, 2.24) is 0 Å². The predicted molar refractivity (Wildman–Crippen MR) is 334 cm³/mol. The molecule has 1 atom stereocenters. The van der Waals surface area contributed by atoms with E-state index in [0.29, 0.717) is 19.3 Å². The van der Waals surface area contributed by atoms with E-state index in [9.17, 15) is 14.4 Å². The van der Waals surface area contributed by atoms with Gasteiger partial charge in [-0.15, -0.1) is 0 Å². The maximum atomic E-state index is 12.8. The highest BCUT2D eigenvalue weighted by atomic mass is 16.6. The summed E-state index contributed by atoms with van der Waals surface area (Å²) in [4.78, 5) is 38.0. The van der Waals surface area contributed by atoms with Gasteiger partial charge >= 0.3 is 17.9 Å². The maximum absolute atomic E-state index is 12.8. The van der Waals surface area contributed by atoms with E-state index in [2.05, 4.69) is 179 Å². The van der Waals surface area contributed by atoms with E-state index >= 15 is 0 Å². The molecule has 6 nitrogen and oxygen atoms in total. The SMILES string of the molecule is CC/C=C\C/C=C\C/C=C\C/C=C\C/C=C\C/C=C\C/C=C\C/C=C\C/C=C\CCCCCCCCCC(=O)OCC(COC(=O)CCCCCCCCC)OC(=O)CCCCCC/C=C\C/C=C\C/C=C\C/C=C\CC. The smallest absolute Gasteiger partial charge is 0.306 e. The molecule has 0 rings (SSSR count). The maximum Gasteiger partial charge on any atom is 0.306 e. The average Bonchev–Trinajstić information content (AvgIpc) is 3.43. The molecule has 0 N–H and O–H groups in total. The minimum atomic E-state index is -0.799. The number of hydrogen-bond acceptors (Lipinski definition) is 6. The van der Waals surface area contributed by atoms with Gasteiger partial charge in [0.2, 0.25) is 0 Å². The van der Waals surface area contributed by atoms with Gasteiger partial charge in [-0.25, -0.2) is 0 Å². The van der Waals surface area contributed by atoms with Crippen LogP contribution in [0.1, 0.15) is 252 Å². The van der Waals surface area contributed by atoms with Gasteiger partial charge in [0.05, 0.1) is 0 Å². The zero-order valence-electron chi connectivity index (χ0n) is 49.4. The molecule has 0 fully saturated rings. The molecule has 432 valence electrons. The Bertz CT molecular complexity index is 1740. The van der Waals surface area contributed by atoms with E-state index in [1.807, 2.05) is 0 Å². The minimum absolute atomic E-state index is 0.0960. The summed E-state index contributed by atoms with van der Waals surface area (Å²) in [6, 6.07) is 0. The third-order valence-electron chi connectivity index (χ3n) is 12.5. The lowest BCUT2D eigenvalue weighted by atomic mass is 10.1. The molecule has 0 aliphatic carbocycles. The highest BCUT2D eigenvalue weighted by Gasteiger charge is 2.19. The molecule has 0 spiro atoms. The van der Waals surface area contributed by atoms with Crippen molar-refractivity contribution in [3.8, 4) is 0 Å². The number of unbranched alkanes of at least 4 members (excludes halogenated alkanes) is 17. The second-order valence-electron chi connectivity index (χ2n) is 19.9. The van der Waals surface area contributed by atoms with Crippen LogP contribution < -0.4 is 0 Å². The van der Waals surface area contributed by atoms with Gasteiger partial charge < -0.3 is 14.2 Å². The molecule has 0 aromatic carbocycles. The Hall–Kier alpha value is -4.97. The molecule has 0 radical (unpaired) electrons. The van der Waals surface area contributed by atoms with Crippen molar-refractivity contribution in [2.24, 2.45) is 0 Å². The summed E-state index contributed by atoms with van der Waals surface area (Å²) < 4.78 is 16.8. The van der Waals surface area contributed by atoms with Crippen LogP contribution in [0.3, 0.4) is 0 Å². The van der Waals surface area contributed by atoms with Gasteiger partial charge in [0.15, 0.2) is 6.10 Å². The Morgan fingerprint density at radius 1 is 0.273 bits per heavy atom. The lowest BCUT2D eigenvalue weighted by molar-refractivity contribution is -0.167. The second-order valence-corrected chi connectivity index (χ2v) is 19.9.